The molecule has 1 heterocycles. The first-order valence-electron chi connectivity index (χ1n) is 11.5. The Morgan fingerprint density at radius 2 is 1.88 bits per heavy atom. The third-order valence-corrected chi connectivity index (χ3v) is 8.85. The summed E-state index contributed by atoms with van der Waals surface area (Å²) in [5, 5.41) is 3.09. The van der Waals surface area contributed by atoms with Gasteiger partial charge in [-0.15, -0.1) is 0 Å². The number of hydrogen-bond donors (Lipinski definition) is 1. The Bertz CT molecular complexity index is 1180. The van der Waals surface area contributed by atoms with Crippen LogP contribution in [-0.4, -0.2) is 43.0 Å². The number of carbonyl (C=O) groups excluding carboxylic acids is 2. The molecule has 2 fully saturated rings. The highest BCUT2D eigenvalue weighted by Gasteiger charge is 2.56. The van der Waals surface area contributed by atoms with Gasteiger partial charge in [-0.05, 0) is 73.4 Å². The number of nitrogens with zero attached hydrogens (tertiary/aromatic N) is 1. The van der Waals surface area contributed by atoms with Crippen LogP contribution in [0.5, 0.6) is 0 Å². The van der Waals surface area contributed by atoms with Crippen LogP contribution in [0.4, 0.5) is 4.39 Å². The Morgan fingerprint density at radius 1 is 1.09 bits per heavy atom. The number of carbonyl (C=O) groups is 2. The van der Waals surface area contributed by atoms with Gasteiger partial charge < -0.3 is 10.2 Å². The molecule has 3 aliphatic rings. The van der Waals surface area contributed by atoms with Crippen LogP contribution in [0.15, 0.2) is 53.4 Å². The lowest BCUT2D eigenvalue weighted by atomic mass is 9.87. The molecular weight excluding hydrogens is 443 g/mol. The molecule has 1 N–H and O–H groups in total. The molecule has 5 rings (SSSR count). The van der Waals surface area contributed by atoms with E-state index in [0.29, 0.717) is 12.3 Å². The first kappa shape index (κ1) is 22.1. The third-order valence-electron chi connectivity index (χ3n) is 7.12. The van der Waals surface area contributed by atoms with Gasteiger partial charge in [-0.2, -0.15) is 0 Å². The number of aryl methyl sites for hydroxylation is 1. The summed E-state index contributed by atoms with van der Waals surface area (Å²) in [6.45, 7) is 0. The van der Waals surface area contributed by atoms with Crippen molar-refractivity contribution in [2.45, 2.75) is 61.5 Å². The van der Waals surface area contributed by atoms with Crippen molar-refractivity contribution in [3.05, 3.63) is 65.5 Å². The maximum Gasteiger partial charge on any atom is 0.243 e. The number of piperidine rings is 1. The summed E-state index contributed by atoms with van der Waals surface area (Å²) in [6, 6.07) is 12.0. The minimum atomic E-state index is -3.56. The second-order valence-corrected chi connectivity index (χ2v) is 11.4. The number of likely N-dealkylation sites (tertiary alicyclic amines) is 1. The zero-order valence-electron chi connectivity index (χ0n) is 18.2. The lowest BCUT2D eigenvalue weighted by Crippen LogP contribution is -2.49. The van der Waals surface area contributed by atoms with Crippen molar-refractivity contribution in [2.75, 3.05) is 5.75 Å². The SMILES string of the molecule is O=C(NC1CCCc2cc(F)ccc21)[C@@H]1C[C@@H]2C[C@@H]2N1C(=O)CCS(=O)(=O)c1ccccc1. The van der Waals surface area contributed by atoms with Crippen LogP contribution < -0.4 is 5.32 Å². The van der Waals surface area contributed by atoms with Gasteiger partial charge in [0.15, 0.2) is 9.84 Å². The Kier molecular flexibility index (Phi) is 5.72. The Balaban J connectivity index is 1.26. The maximum atomic E-state index is 13.6. The van der Waals surface area contributed by atoms with Crippen LogP contribution in [0.2, 0.25) is 0 Å². The van der Waals surface area contributed by atoms with E-state index in [0.717, 1.165) is 36.8 Å². The highest BCUT2D eigenvalue weighted by Crippen LogP contribution is 2.48. The Hall–Kier alpha value is -2.74. The molecule has 2 aliphatic carbocycles. The predicted octanol–water partition coefficient (Wildman–Crippen LogP) is 3.17. The van der Waals surface area contributed by atoms with Gasteiger partial charge in [0.1, 0.15) is 11.9 Å². The third kappa shape index (κ3) is 4.40. The van der Waals surface area contributed by atoms with E-state index in [4.69, 9.17) is 0 Å². The highest BCUT2D eigenvalue weighted by molar-refractivity contribution is 7.91. The molecule has 0 radical (unpaired) electrons. The zero-order valence-corrected chi connectivity index (χ0v) is 19.1. The maximum absolute atomic E-state index is 13.6. The van der Waals surface area contributed by atoms with Crippen LogP contribution >= 0.6 is 0 Å². The summed E-state index contributed by atoms with van der Waals surface area (Å²) >= 11 is 0. The number of halogens is 1. The predicted molar refractivity (Wildman–Crippen MR) is 120 cm³/mol. The van der Waals surface area contributed by atoms with Crippen molar-refractivity contribution in [3.8, 4) is 0 Å². The first-order chi connectivity index (χ1) is 15.8. The quantitative estimate of drug-likeness (QED) is 0.703. The molecule has 0 bridgehead atoms. The number of amides is 2. The van der Waals surface area contributed by atoms with Crippen LogP contribution in [0.1, 0.15) is 49.3 Å². The summed E-state index contributed by atoms with van der Waals surface area (Å²) < 4.78 is 38.8. The molecule has 8 heteroatoms. The summed E-state index contributed by atoms with van der Waals surface area (Å²) in [5.41, 5.74) is 1.85. The van der Waals surface area contributed by atoms with E-state index in [9.17, 15) is 22.4 Å². The van der Waals surface area contributed by atoms with Crippen LogP contribution in [0.3, 0.4) is 0 Å². The van der Waals surface area contributed by atoms with Crippen molar-refractivity contribution >= 4 is 21.7 Å². The van der Waals surface area contributed by atoms with E-state index in [1.807, 2.05) is 0 Å². The fourth-order valence-electron chi connectivity index (χ4n) is 5.35. The van der Waals surface area contributed by atoms with E-state index >= 15 is 0 Å². The summed E-state index contributed by atoms with van der Waals surface area (Å²) in [4.78, 5) is 28.1. The highest BCUT2D eigenvalue weighted by atomic mass is 32.2. The molecule has 2 aromatic rings. The number of rotatable bonds is 6. The number of nitrogens with one attached hydrogen (secondary N) is 1. The van der Waals surface area contributed by atoms with Crippen molar-refractivity contribution in [1.82, 2.24) is 10.2 Å². The summed E-state index contributed by atoms with van der Waals surface area (Å²) in [7, 11) is -3.56. The smallest absolute Gasteiger partial charge is 0.243 e. The van der Waals surface area contributed by atoms with Crippen molar-refractivity contribution in [3.63, 3.8) is 0 Å². The van der Waals surface area contributed by atoms with Crippen molar-refractivity contribution in [1.29, 1.82) is 0 Å². The molecule has 6 nitrogen and oxygen atoms in total. The Labute approximate surface area is 193 Å². The van der Waals surface area contributed by atoms with E-state index in [-0.39, 0.29) is 46.8 Å². The Morgan fingerprint density at radius 3 is 2.67 bits per heavy atom. The largest absolute Gasteiger partial charge is 0.347 e. The molecule has 33 heavy (non-hydrogen) atoms. The van der Waals surface area contributed by atoms with E-state index in [1.165, 1.54) is 24.3 Å². The van der Waals surface area contributed by atoms with E-state index in [1.54, 1.807) is 29.2 Å². The number of sulfone groups is 1. The molecule has 1 aliphatic heterocycles. The fourth-order valence-corrected chi connectivity index (χ4v) is 6.60. The second-order valence-electron chi connectivity index (χ2n) is 9.29. The van der Waals surface area contributed by atoms with Crippen molar-refractivity contribution < 1.29 is 22.4 Å². The van der Waals surface area contributed by atoms with Gasteiger partial charge in [0.05, 0.1) is 16.7 Å². The van der Waals surface area contributed by atoms with E-state index < -0.39 is 15.9 Å². The molecule has 2 aromatic carbocycles. The molecule has 1 saturated carbocycles. The minimum absolute atomic E-state index is 0.0282. The molecular formula is C25H27FN2O4S. The number of fused-ring (bicyclic) bond motifs is 2. The molecule has 174 valence electrons. The van der Waals surface area contributed by atoms with Gasteiger partial charge in [0.25, 0.3) is 0 Å². The number of benzene rings is 2. The topological polar surface area (TPSA) is 83.6 Å². The van der Waals surface area contributed by atoms with Crippen LogP contribution in [0.25, 0.3) is 0 Å². The fraction of sp³-hybridized carbons (Fsp3) is 0.440. The summed E-state index contributed by atoms with van der Waals surface area (Å²) in [6.07, 6.45) is 3.75. The molecule has 0 aromatic heterocycles. The summed E-state index contributed by atoms with van der Waals surface area (Å²) in [5.74, 6) is -0.740. The zero-order chi connectivity index (χ0) is 23.2. The second kappa shape index (κ2) is 8.56. The van der Waals surface area contributed by atoms with E-state index in [2.05, 4.69) is 5.32 Å². The molecule has 2 amide bonds. The van der Waals surface area contributed by atoms with Gasteiger partial charge in [-0.3, -0.25) is 9.59 Å². The molecule has 1 saturated heterocycles. The molecule has 1 unspecified atom stereocenters. The standard InChI is InChI=1S/C25H27FN2O4S/c26-18-9-10-20-16(13-18)5-4-8-21(20)27-25(30)23-15-17-14-22(17)28(23)24(29)11-12-33(31,32)19-6-2-1-3-7-19/h1-3,6-7,9-10,13,17,21-23H,4-5,8,11-12,14-15H2,(H,27,30)/t17-,21?,22-,23-/m0/s1. The minimum Gasteiger partial charge on any atom is -0.347 e. The first-order valence-corrected chi connectivity index (χ1v) is 13.2. The van der Waals surface area contributed by atoms with Gasteiger partial charge in [-0.25, -0.2) is 12.8 Å². The average molecular weight is 471 g/mol. The van der Waals surface area contributed by atoms with Gasteiger partial charge in [0.2, 0.25) is 11.8 Å². The van der Waals surface area contributed by atoms with Crippen LogP contribution in [-0.2, 0) is 25.8 Å². The molecule has 4 atom stereocenters. The average Bonchev–Trinajstić information content (AvgIpc) is 3.47. The lowest BCUT2D eigenvalue weighted by molar-refractivity contribution is -0.139. The van der Waals surface area contributed by atoms with Gasteiger partial charge in [0, 0.05) is 12.5 Å². The van der Waals surface area contributed by atoms with Gasteiger partial charge >= 0.3 is 0 Å². The number of hydrogen-bond acceptors (Lipinski definition) is 4. The normalized spacial score (nSPS) is 25.8. The lowest BCUT2D eigenvalue weighted by Gasteiger charge is -2.31. The van der Waals surface area contributed by atoms with Gasteiger partial charge in [-0.1, -0.05) is 24.3 Å². The van der Waals surface area contributed by atoms with Crippen LogP contribution in [0, 0.1) is 11.7 Å². The molecule has 0 spiro atoms. The van der Waals surface area contributed by atoms with Crippen molar-refractivity contribution in [2.24, 2.45) is 5.92 Å². The monoisotopic (exact) mass is 470 g/mol.